The molecule has 4 rings (SSSR count). The van der Waals surface area contributed by atoms with E-state index in [1.54, 1.807) is 4.90 Å². The van der Waals surface area contributed by atoms with Gasteiger partial charge in [-0.25, -0.2) is 4.98 Å². The van der Waals surface area contributed by atoms with E-state index in [0.29, 0.717) is 29.4 Å². The standard InChI is InChI=1S/C24H20F6N4O2S/c25-23(26,27)14-2-1-3-18(10-14)36-17-5-8-34(9-6-17)21-19(11-15(13-32-21)24(28,29)30)22(35)33-16-4-7-31-20(37)12-16/h1-4,7,10-13,17H,5-6,8-9H2,(H2,31,33,35,37). The summed E-state index contributed by atoms with van der Waals surface area (Å²) >= 11 is 5.01. The molecule has 1 aromatic carbocycles. The highest BCUT2D eigenvalue weighted by Crippen LogP contribution is 2.34. The number of anilines is 2. The zero-order chi connectivity index (χ0) is 26.8. The number of rotatable bonds is 5. The third kappa shape index (κ3) is 6.59. The van der Waals surface area contributed by atoms with Crippen LogP contribution < -0.4 is 15.0 Å². The largest absolute Gasteiger partial charge is 0.490 e. The van der Waals surface area contributed by atoms with Crippen molar-refractivity contribution in [1.29, 1.82) is 0 Å². The molecule has 0 saturated carbocycles. The number of benzene rings is 1. The molecule has 2 aromatic heterocycles. The molecule has 0 unspecified atom stereocenters. The molecule has 0 radical (unpaired) electrons. The van der Waals surface area contributed by atoms with Crippen molar-refractivity contribution >= 4 is 29.6 Å². The van der Waals surface area contributed by atoms with Crippen LogP contribution in [0.15, 0.2) is 54.9 Å². The SMILES string of the molecule is O=C(Nc1cc[nH]c(=S)c1)c1cc(C(F)(F)F)cnc1N1CCC(Oc2cccc(C(F)(F)F)c2)CC1. The summed E-state index contributed by atoms with van der Waals surface area (Å²) in [5, 5.41) is 2.54. The zero-order valence-corrected chi connectivity index (χ0v) is 19.8. The van der Waals surface area contributed by atoms with Crippen molar-refractivity contribution in [2.75, 3.05) is 23.3 Å². The maximum Gasteiger partial charge on any atom is 0.417 e. The van der Waals surface area contributed by atoms with Crippen LogP contribution in [-0.4, -0.2) is 35.1 Å². The van der Waals surface area contributed by atoms with Crippen molar-refractivity contribution in [3.8, 4) is 5.75 Å². The summed E-state index contributed by atoms with van der Waals surface area (Å²) in [4.78, 5) is 21.3. The second kappa shape index (κ2) is 10.4. The molecular formula is C24H20F6N4O2S. The van der Waals surface area contributed by atoms with Gasteiger partial charge in [0.15, 0.2) is 0 Å². The molecule has 13 heteroatoms. The number of nitrogens with one attached hydrogen (secondary N) is 2. The highest BCUT2D eigenvalue weighted by Gasteiger charge is 2.34. The Labute approximate surface area is 212 Å². The van der Waals surface area contributed by atoms with Crippen molar-refractivity contribution in [2.24, 2.45) is 0 Å². The number of carbonyl (C=O) groups is 1. The second-order valence-corrected chi connectivity index (χ2v) is 8.76. The molecule has 6 nitrogen and oxygen atoms in total. The van der Waals surface area contributed by atoms with Gasteiger partial charge in [-0.1, -0.05) is 18.3 Å². The second-order valence-electron chi connectivity index (χ2n) is 8.32. The first-order valence-electron chi connectivity index (χ1n) is 11.1. The van der Waals surface area contributed by atoms with Crippen LogP contribution in [0.2, 0.25) is 0 Å². The molecule has 0 spiro atoms. The summed E-state index contributed by atoms with van der Waals surface area (Å²) < 4.78 is 85.0. The molecule has 1 fully saturated rings. The average molecular weight is 543 g/mol. The highest BCUT2D eigenvalue weighted by molar-refractivity contribution is 7.71. The van der Waals surface area contributed by atoms with Gasteiger partial charge >= 0.3 is 12.4 Å². The Morgan fingerprint density at radius 1 is 1.03 bits per heavy atom. The Kier molecular flexibility index (Phi) is 7.44. The Balaban J connectivity index is 1.51. The molecule has 0 atom stereocenters. The predicted molar refractivity (Wildman–Crippen MR) is 126 cm³/mol. The number of aromatic amines is 1. The molecular weight excluding hydrogens is 522 g/mol. The van der Waals surface area contributed by atoms with E-state index in [2.05, 4.69) is 15.3 Å². The van der Waals surface area contributed by atoms with E-state index in [1.165, 1.54) is 30.5 Å². The van der Waals surface area contributed by atoms with E-state index < -0.39 is 35.5 Å². The van der Waals surface area contributed by atoms with Crippen LogP contribution in [0.4, 0.5) is 37.8 Å². The number of hydrogen-bond donors (Lipinski definition) is 2. The molecule has 196 valence electrons. The summed E-state index contributed by atoms with van der Waals surface area (Å²) in [5.74, 6) is -0.664. The van der Waals surface area contributed by atoms with Crippen molar-refractivity contribution in [2.45, 2.75) is 31.3 Å². The number of halogens is 6. The van der Waals surface area contributed by atoms with E-state index in [1.807, 2.05) is 0 Å². The zero-order valence-electron chi connectivity index (χ0n) is 19.0. The minimum atomic E-state index is -4.71. The Morgan fingerprint density at radius 2 is 1.73 bits per heavy atom. The van der Waals surface area contributed by atoms with Crippen LogP contribution in [0.3, 0.4) is 0 Å². The van der Waals surface area contributed by atoms with Gasteiger partial charge in [0.25, 0.3) is 5.91 Å². The van der Waals surface area contributed by atoms with Gasteiger partial charge in [0, 0.05) is 44.0 Å². The lowest BCUT2D eigenvalue weighted by molar-refractivity contribution is -0.138. The van der Waals surface area contributed by atoms with Crippen molar-refractivity contribution in [1.82, 2.24) is 9.97 Å². The molecule has 0 bridgehead atoms. The maximum absolute atomic E-state index is 13.4. The van der Waals surface area contributed by atoms with Gasteiger partial charge in [0.2, 0.25) is 0 Å². The van der Waals surface area contributed by atoms with Gasteiger partial charge in [-0.05, 0) is 36.4 Å². The summed E-state index contributed by atoms with van der Waals surface area (Å²) in [6.45, 7) is 0.526. The van der Waals surface area contributed by atoms with Gasteiger partial charge in [-0.2, -0.15) is 26.3 Å². The summed E-state index contributed by atoms with van der Waals surface area (Å²) in [6, 6.07) is 8.24. The van der Waals surface area contributed by atoms with Crippen LogP contribution in [0.25, 0.3) is 0 Å². The first-order chi connectivity index (χ1) is 17.4. The number of amides is 1. The number of ether oxygens (including phenoxy) is 1. The van der Waals surface area contributed by atoms with Gasteiger partial charge in [0.1, 0.15) is 22.3 Å². The maximum atomic E-state index is 13.4. The first-order valence-corrected chi connectivity index (χ1v) is 11.5. The smallest absolute Gasteiger partial charge is 0.417 e. The topological polar surface area (TPSA) is 70.2 Å². The van der Waals surface area contributed by atoms with Crippen molar-refractivity contribution in [3.63, 3.8) is 0 Å². The number of hydrogen-bond acceptors (Lipinski definition) is 5. The van der Waals surface area contributed by atoms with E-state index in [0.717, 1.165) is 18.2 Å². The van der Waals surface area contributed by atoms with Crippen LogP contribution in [-0.2, 0) is 12.4 Å². The lowest BCUT2D eigenvalue weighted by Gasteiger charge is -2.34. The Hall–Kier alpha value is -3.61. The number of pyridine rings is 2. The minimum absolute atomic E-state index is 0.0594. The summed E-state index contributed by atoms with van der Waals surface area (Å²) in [5.41, 5.74) is -1.88. The van der Waals surface area contributed by atoms with Crippen LogP contribution in [0, 0.1) is 4.64 Å². The number of piperidine rings is 1. The Bertz CT molecular complexity index is 1330. The number of nitrogens with zero attached hydrogens (tertiary/aromatic N) is 2. The van der Waals surface area contributed by atoms with Crippen LogP contribution in [0.1, 0.15) is 34.3 Å². The average Bonchev–Trinajstić information content (AvgIpc) is 2.83. The van der Waals surface area contributed by atoms with E-state index in [4.69, 9.17) is 17.0 Å². The van der Waals surface area contributed by atoms with Gasteiger partial charge in [-0.15, -0.1) is 0 Å². The number of H-pyrrole nitrogens is 1. The number of alkyl halides is 6. The first kappa shape index (κ1) is 26.5. The van der Waals surface area contributed by atoms with Crippen LogP contribution >= 0.6 is 12.2 Å². The highest BCUT2D eigenvalue weighted by atomic mass is 32.1. The van der Waals surface area contributed by atoms with Crippen LogP contribution in [0.5, 0.6) is 5.75 Å². The molecule has 3 heterocycles. The summed E-state index contributed by atoms with van der Waals surface area (Å²) in [7, 11) is 0. The summed E-state index contributed by atoms with van der Waals surface area (Å²) in [6.07, 6.45) is -6.77. The third-order valence-electron chi connectivity index (χ3n) is 5.68. The fourth-order valence-electron chi connectivity index (χ4n) is 3.88. The van der Waals surface area contributed by atoms with Gasteiger partial charge in [0.05, 0.1) is 16.7 Å². The van der Waals surface area contributed by atoms with Crippen molar-refractivity contribution in [3.05, 3.63) is 76.2 Å². The quantitative estimate of drug-likeness (QED) is 0.286. The lowest BCUT2D eigenvalue weighted by Crippen LogP contribution is -2.39. The fourth-order valence-corrected chi connectivity index (χ4v) is 4.07. The molecule has 0 aliphatic carbocycles. The Morgan fingerprint density at radius 3 is 2.38 bits per heavy atom. The van der Waals surface area contributed by atoms with E-state index in [9.17, 15) is 31.1 Å². The van der Waals surface area contributed by atoms with E-state index >= 15 is 0 Å². The third-order valence-corrected chi connectivity index (χ3v) is 5.91. The number of aromatic nitrogens is 2. The van der Waals surface area contributed by atoms with E-state index in [-0.39, 0.29) is 30.2 Å². The molecule has 1 aliphatic heterocycles. The molecule has 37 heavy (non-hydrogen) atoms. The normalized spacial score (nSPS) is 14.9. The minimum Gasteiger partial charge on any atom is -0.490 e. The van der Waals surface area contributed by atoms with Gasteiger partial charge < -0.3 is 19.9 Å². The van der Waals surface area contributed by atoms with Crippen molar-refractivity contribution < 1.29 is 35.9 Å². The molecule has 1 amide bonds. The lowest BCUT2D eigenvalue weighted by atomic mass is 10.1. The fraction of sp³-hybridized carbons (Fsp3) is 0.292. The molecule has 3 aromatic rings. The number of carbonyl (C=O) groups excluding carboxylic acids is 1. The molecule has 2 N–H and O–H groups in total. The monoisotopic (exact) mass is 542 g/mol. The molecule has 1 saturated heterocycles. The molecule has 1 aliphatic rings. The van der Waals surface area contributed by atoms with Gasteiger partial charge in [-0.3, -0.25) is 4.79 Å². The predicted octanol–water partition coefficient (Wildman–Crippen LogP) is 6.48.